The molecule has 1 aromatic carbocycles. The lowest BCUT2D eigenvalue weighted by Crippen LogP contribution is -2.42. The Labute approximate surface area is 178 Å². The molecule has 4 rings (SSSR count). The molecule has 1 amide bonds. The minimum absolute atomic E-state index is 0.0561. The number of carbonyl (C=O) groups excluding carboxylic acids is 1. The highest BCUT2D eigenvalue weighted by Gasteiger charge is 2.31. The molecule has 1 saturated heterocycles. The lowest BCUT2D eigenvalue weighted by atomic mass is 9.91. The van der Waals surface area contributed by atoms with Crippen LogP contribution in [0.1, 0.15) is 40.7 Å². The van der Waals surface area contributed by atoms with Gasteiger partial charge in [0.2, 0.25) is 0 Å². The van der Waals surface area contributed by atoms with E-state index in [1.165, 1.54) is 11.3 Å². The van der Waals surface area contributed by atoms with Gasteiger partial charge in [-0.2, -0.15) is 5.10 Å². The molecule has 2 aliphatic rings. The molecule has 0 unspecified atom stereocenters. The zero-order chi connectivity index (χ0) is 20.9. The van der Waals surface area contributed by atoms with Gasteiger partial charge >= 0.3 is 0 Å². The zero-order valence-electron chi connectivity index (χ0n) is 18.0. The van der Waals surface area contributed by atoms with Crippen molar-refractivity contribution in [3.8, 4) is 5.75 Å². The summed E-state index contributed by atoms with van der Waals surface area (Å²) in [6, 6.07) is 8.62. The van der Waals surface area contributed by atoms with Crippen LogP contribution in [0, 0.1) is 0 Å². The molecule has 7 heteroatoms. The van der Waals surface area contributed by atoms with Crippen LogP contribution in [-0.2, 0) is 30.5 Å². The summed E-state index contributed by atoms with van der Waals surface area (Å²) in [5.74, 6) is 0.942. The van der Waals surface area contributed by atoms with Gasteiger partial charge in [0.25, 0.3) is 5.91 Å². The van der Waals surface area contributed by atoms with Gasteiger partial charge in [-0.1, -0.05) is 12.1 Å². The third-order valence-corrected chi connectivity index (χ3v) is 6.15. The highest BCUT2D eigenvalue weighted by molar-refractivity contribution is 5.94. The number of fused-ring (bicyclic) bond motifs is 1. The average Bonchev–Trinajstić information content (AvgIpc) is 3.17. The maximum Gasteiger partial charge on any atom is 0.274 e. The van der Waals surface area contributed by atoms with E-state index in [-0.39, 0.29) is 5.91 Å². The average molecular weight is 413 g/mol. The largest absolute Gasteiger partial charge is 0.497 e. The molecule has 1 atom stereocenters. The van der Waals surface area contributed by atoms with Crippen LogP contribution in [0.5, 0.6) is 5.75 Å². The van der Waals surface area contributed by atoms with E-state index in [0.717, 1.165) is 50.1 Å². The standard InChI is InChI=1S/C23H32N4O3/c1-3-27-21-9-6-18(24-11-10-17-4-7-19(29-2)8-5-17)16-20(21)22(25-27)23(28)26-12-14-30-15-13-26/h4-5,7-8,18,24H,3,6,9-16H2,1-2H3/t18-/m0/s1. The number of aromatic nitrogens is 2. The van der Waals surface area contributed by atoms with Crippen molar-refractivity contribution in [1.82, 2.24) is 20.0 Å². The Hall–Kier alpha value is -2.38. The predicted molar refractivity (Wildman–Crippen MR) is 115 cm³/mol. The van der Waals surface area contributed by atoms with E-state index in [2.05, 4.69) is 24.4 Å². The fourth-order valence-electron chi connectivity index (χ4n) is 4.42. The fourth-order valence-corrected chi connectivity index (χ4v) is 4.42. The third-order valence-electron chi connectivity index (χ3n) is 6.15. The van der Waals surface area contributed by atoms with Crippen molar-refractivity contribution < 1.29 is 14.3 Å². The van der Waals surface area contributed by atoms with Crippen LogP contribution in [0.15, 0.2) is 24.3 Å². The summed E-state index contributed by atoms with van der Waals surface area (Å²) in [4.78, 5) is 15.0. The monoisotopic (exact) mass is 412 g/mol. The number of rotatable bonds is 7. The quantitative estimate of drug-likeness (QED) is 0.754. The Bertz CT molecular complexity index is 856. The van der Waals surface area contributed by atoms with E-state index in [4.69, 9.17) is 14.6 Å². The Kier molecular flexibility index (Phi) is 6.69. The molecular weight excluding hydrogens is 380 g/mol. The van der Waals surface area contributed by atoms with Crippen molar-refractivity contribution in [2.75, 3.05) is 40.0 Å². The van der Waals surface area contributed by atoms with Crippen LogP contribution < -0.4 is 10.1 Å². The van der Waals surface area contributed by atoms with Crippen molar-refractivity contribution >= 4 is 5.91 Å². The number of benzene rings is 1. The highest BCUT2D eigenvalue weighted by atomic mass is 16.5. The molecule has 2 aromatic rings. The molecular formula is C23H32N4O3. The Morgan fingerprint density at radius 3 is 2.73 bits per heavy atom. The number of ether oxygens (including phenoxy) is 2. The molecule has 0 spiro atoms. The molecule has 1 aliphatic heterocycles. The summed E-state index contributed by atoms with van der Waals surface area (Å²) >= 11 is 0. The van der Waals surface area contributed by atoms with Gasteiger partial charge in [0, 0.05) is 36.9 Å². The van der Waals surface area contributed by atoms with Crippen molar-refractivity contribution in [2.45, 2.75) is 45.2 Å². The Morgan fingerprint density at radius 2 is 2.03 bits per heavy atom. The van der Waals surface area contributed by atoms with Gasteiger partial charge in [-0.15, -0.1) is 0 Å². The first-order valence-electron chi connectivity index (χ1n) is 11.0. The maximum atomic E-state index is 13.1. The summed E-state index contributed by atoms with van der Waals surface area (Å²) in [6.45, 7) is 6.33. The van der Waals surface area contributed by atoms with E-state index in [0.29, 0.717) is 38.0 Å². The summed E-state index contributed by atoms with van der Waals surface area (Å²) in [7, 11) is 1.69. The molecule has 0 saturated carbocycles. The van der Waals surface area contributed by atoms with Crippen LogP contribution in [0.2, 0.25) is 0 Å². The van der Waals surface area contributed by atoms with Crippen molar-refractivity contribution in [3.63, 3.8) is 0 Å². The molecule has 1 fully saturated rings. The van der Waals surface area contributed by atoms with Crippen molar-refractivity contribution in [3.05, 3.63) is 46.8 Å². The van der Waals surface area contributed by atoms with Crippen LogP contribution in [0.3, 0.4) is 0 Å². The van der Waals surface area contributed by atoms with Gasteiger partial charge in [0.15, 0.2) is 5.69 Å². The summed E-state index contributed by atoms with van der Waals surface area (Å²) in [5.41, 5.74) is 4.32. The molecule has 30 heavy (non-hydrogen) atoms. The second-order valence-electron chi connectivity index (χ2n) is 7.99. The number of morpholine rings is 1. The van der Waals surface area contributed by atoms with E-state index in [9.17, 15) is 4.79 Å². The van der Waals surface area contributed by atoms with Gasteiger partial charge in [0.1, 0.15) is 5.75 Å². The number of methoxy groups -OCH3 is 1. The molecule has 1 aliphatic carbocycles. The summed E-state index contributed by atoms with van der Waals surface area (Å²) in [5, 5.41) is 8.41. The SMILES string of the molecule is CCn1nc(C(=O)N2CCOCC2)c2c1CC[C@H](NCCc1ccc(OC)cc1)C2. The van der Waals surface area contributed by atoms with E-state index >= 15 is 0 Å². The Morgan fingerprint density at radius 1 is 1.27 bits per heavy atom. The van der Waals surface area contributed by atoms with Gasteiger partial charge < -0.3 is 19.7 Å². The number of amides is 1. The van der Waals surface area contributed by atoms with E-state index in [1.54, 1.807) is 7.11 Å². The molecule has 0 bridgehead atoms. The first-order chi connectivity index (χ1) is 14.7. The first-order valence-corrected chi connectivity index (χ1v) is 11.0. The predicted octanol–water partition coefficient (Wildman–Crippen LogP) is 2.07. The number of carbonyl (C=O) groups is 1. The smallest absolute Gasteiger partial charge is 0.274 e. The minimum Gasteiger partial charge on any atom is -0.497 e. The highest BCUT2D eigenvalue weighted by Crippen LogP contribution is 2.26. The van der Waals surface area contributed by atoms with Gasteiger partial charge in [0.05, 0.1) is 20.3 Å². The normalized spacial score (nSPS) is 18.9. The van der Waals surface area contributed by atoms with Crippen molar-refractivity contribution in [2.24, 2.45) is 0 Å². The van der Waals surface area contributed by atoms with Crippen LogP contribution in [0.4, 0.5) is 0 Å². The number of hydrogen-bond acceptors (Lipinski definition) is 5. The number of nitrogens with zero attached hydrogens (tertiary/aromatic N) is 3. The summed E-state index contributed by atoms with van der Waals surface area (Å²) in [6.07, 6.45) is 3.88. The molecule has 0 radical (unpaired) electrons. The molecule has 162 valence electrons. The lowest BCUT2D eigenvalue weighted by molar-refractivity contribution is 0.0297. The van der Waals surface area contributed by atoms with Gasteiger partial charge in [-0.25, -0.2) is 0 Å². The van der Waals surface area contributed by atoms with Crippen molar-refractivity contribution in [1.29, 1.82) is 0 Å². The van der Waals surface area contributed by atoms with E-state index < -0.39 is 0 Å². The topological polar surface area (TPSA) is 68.6 Å². The molecule has 1 N–H and O–H groups in total. The number of hydrogen-bond donors (Lipinski definition) is 1. The second-order valence-corrected chi connectivity index (χ2v) is 7.99. The van der Waals surface area contributed by atoms with Gasteiger partial charge in [-0.05, 0) is 56.8 Å². The molecule has 2 heterocycles. The fraction of sp³-hybridized carbons (Fsp3) is 0.565. The number of aryl methyl sites for hydroxylation is 1. The van der Waals surface area contributed by atoms with Crippen LogP contribution >= 0.6 is 0 Å². The van der Waals surface area contributed by atoms with Crippen LogP contribution in [-0.4, -0.2) is 66.6 Å². The van der Waals surface area contributed by atoms with E-state index in [1.807, 2.05) is 21.7 Å². The molecule has 7 nitrogen and oxygen atoms in total. The number of nitrogens with one attached hydrogen (secondary N) is 1. The van der Waals surface area contributed by atoms with Crippen LogP contribution in [0.25, 0.3) is 0 Å². The summed E-state index contributed by atoms with van der Waals surface area (Å²) < 4.78 is 12.6. The maximum absolute atomic E-state index is 13.1. The third kappa shape index (κ3) is 4.52. The molecule has 1 aromatic heterocycles. The second kappa shape index (κ2) is 9.62. The first kappa shape index (κ1) is 20.9. The lowest BCUT2D eigenvalue weighted by Gasteiger charge is -2.28. The zero-order valence-corrected chi connectivity index (χ0v) is 18.0. The van der Waals surface area contributed by atoms with Gasteiger partial charge in [-0.3, -0.25) is 9.48 Å². The minimum atomic E-state index is 0.0561. The Balaban J connectivity index is 1.40.